The molecule has 1 aromatic heterocycles. The standard InChI is InChI=1S/C6H9BrN2S/c7-1-2-8-5-6-9-3-4-10-6/h3-4,8H,1-2,5H2. The lowest BCUT2D eigenvalue weighted by atomic mass is 10.6. The highest BCUT2D eigenvalue weighted by Crippen LogP contribution is 2.01. The minimum absolute atomic E-state index is 0.892. The van der Waals surface area contributed by atoms with Gasteiger partial charge in [0.05, 0.1) is 0 Å². The van der Waals surface area contributed by atoms with E-state index in [0.29, 0.717) is 0 Å². The predicted octanol–water partition coefficient (Wildman–Crippen LogP) is 1.63. The second-order valence-electron chi connectivity index (χ2n) is 1.79. The second-order valence-corrected chi connectivity index (χ2v) is 3.56. The zero-order chi connectivity index (χ0) is 7.23. The fourth-order valence-electron chi connectivity index (χ4n) is 0.602. The lowest BCUT2D eigenvalue weighted by molar-refractivity contribution is 0.730. The lowest BCUT2D eigenvalue weighted by Gasteiger charge is -1.96. The van der Waals surface area contributed by atoms with Gasteiger partial charge in [-0.15, -0.1) is 11.3 Å². The third kappa shape index (κ3) is 2.77. The van der Waals surface area contributed by atoms with Gasteiger partial charge in [0, 0.05) is 30.0 Å². The van der Waals surface area contributed by atoms with Crippen molar-refractivity contribution in [3.63, 3.8) is 0 Å². The molecule has 0 aromatic carbocycles. The van der Waals surface area contributed by atoms with E-state index in [-0.39, 0.29) is 0 Å². The monoisotopic (exact) mass is 220 g/mol. The Morgan fingerprint density at radius 2 is 2.60 bits per heavy atom. The fourth-order valence-corrected chi connectivity index (χ4v) is 1.47. The number of alkyl halides is 1. The largest absolute Gasteiger partial charge is 0.310 e. The molecule has 0 radical (unpaired) electrons. The first-order valence-electron chi connectivity index (χ1n) is 3.08. The summed E-state index contributed by atoms with van der Waals surface area (Å²) >= 11 is 5.02. The first kappa shape index (κ1) is 8.17. The van der Waals surface area contributed by atoms with Crippen LogP contribution in [0.5, 0.6) is 0 Å². The molecule has 0 atom stereocenters. The molecule has 56 valence electrons. The fraction of sp³-hybridized carbons (Fsp3) is 0.500. The van der Waals surface area contributed by atoms with Crippen LogP contribution in [0, 0.1) is 0 Å². The molecule has 10 heavy (non-hydrogen) atoms. The van der Waals surface area contributed by atoms with Gasteiger partial charge in [-0.05, 0) is 0 Å². The van der Waals surface area contributed by atoms with Gasteiger partial charge in [0.1, 0.15) is 5.01 Å². The van der Waals surface area contributed by atoms with Gasteiger partial charge in [0.15, 0.2) is 0 Å². The van der Waals surface area contributed by atoms with Crippen LogP contribution in [0.3, 0.4) is 0 Å². The summed E-state index contributed by atoms with van der Waals surface area (Å²) < 4.78 is 0. The summed E-state index contributed by atoms with van der Waals surface area (Å²) in [7, 11) is 0. The maximum Gasteiger partial charge on any atom is 0.106 e. The number of hydrogen-bond donors (Lipinski definition) is 1. The summed E-state index contributed by atoms with van der Waals surface area (Å²) in [6.07, 6.45) is 1.83. The normalized spacial score (nSPS) is 10.1. The molecule has 0 saturated heterocycles. The number of halogens is 1. The van der Waals surface area contributed by atoms with Crippen molar-refractivity contribution in [3.05, 3.63) is 16.6 Å². The summed E-state index contributed by atoms with van der Waals surface area (Å²) in [6.45, 7) is 1.89. The molecular weight excluding hydrogens is 212 g/mol. The smallest absolute Gasteiger partial charge is 0.106 e. The van der Waals surface area contributed by atoms with E-state index in [1.807, 2.05) is 11.6 Å². The average molecular weight is 221 g/mol. The van der Waals surface area contributed by atoms with Crippen LogP contribution in [0.25, 0.3) is 0 Å². The van der Waals surface area contributed by atoms with Crippen molar-refractivity contribution in [3.8, 4) is 0 Å². The number of aromatic nitrogens is 1. The molecule has 0 spiro atoms. The third-order valence-electron chi connectivity index (χ3n) is 1.03. The van der Waals surface area contributed by atoms with Crippen LogP contribution >= 0.6 is 27.3 Å². The van der Waals surface area contributed by atoms with Crippen molar-refractivity contribution in [2.75, 3.05) is 11.9 Å². The molecule has 1 heterocycles. The Kier molecular flexibility index (Phi) is 3.94. The maximum absolute atomic E-state index is 4.13. The molecule has 0 fully saturated rings. The van der Waals surface area contributed by atoms with Crippen LogP contribution in [-0.2, 0) is 6.54 Å². The van der Waals surface area contributed by atoms with Crippen LogP contribution in [0.4, 0.5) is 0 Å². The zero-order valence-corrected chi connectivity index (χ0v) is 7.91. The van der Waals surface area contributed by atoms with E-state index in [1.54, 1.807) is 11.3 Å². The topological polar surface area (TPSA) is 24.9 Å². The summed E-state index contributed by atoms with van der Waals surface area (Å²) in [5.74, 6) is 0. The van der Waals surface area contributed by atoms with Crippen molar-refractivity contribution in [2.45, 2.75) is 6.54 Å². The third-order valence-corrected chi connectivity index (χ3v) is 2.21. The van der Waals surface area contributed by atoms with Crippen LogP contribution in [0.1, 0.15) is 5.01 Å². The van der Waals surface area contributed by atoms with Gasteiger partial charge < -0.3 is 5.32 Å². The second kappa shape index (κ2) is 4.82. The molecule has 0 aliphatic heterocycles. The average Bonchev–Trinajstić information content (AvgIpc) is 2.41. The number of nitrogens with one attached hydrogen (secondary N) is 1. The molecule has 4 heteroatoms. The molecule has 0 bridgehead atoms. The minimum atomic E-state index is 0.892. The van der Waals surface area contributed by atoms with Crippen molar-refractivity contribution in [2.24, 2.45) is 0 Å². The molecule has 1 rings (SSSR count). The van der Waals surface area contributed by atoms with Gasteiger partial charge >= 0.3 is 0 Å². The molecule has 2 nitrogen and oxygen atoms in total. The minimum Gasteiger partial charge on any atom is -0.310 e. The summed E-state index contributed by atoms with van der Waals surface area (Å²) in [6, 6.07) is 0. The Bertz CT molecular complexity index is 164. The highest BCUT2D eigenvalue weighted by atomic mass is 79.9. The number of nitrogens with zero attached hydrogens (tertiary/aromatic N) is 1. The van der Waals surface area contributed by atoms with Crippen molar-refractivity contribution < 1.29 is 0 Å². The SMILES string of the molecule is BrCCNCc1nccs1. The Morgan fingerprint density at radius 3 is 3.20 bits per heavy atom. The van der Waals surface area contributed by atoms with Crippen LogP contribution < -0.4 is 5.32 Å². The Hall–Kier alpha value is 0.0700. The Morgan fingerprint density at radius 1 is 1.70 bits per heavy atom. The molecule has 0 saturated carbocycles. The number of rotatable bonds is 4. The molecule has 0 aliphatic carbocycles. The Balaban J connectivity index is 2.15. The van der Waals surface area contributed by atoms with Gasteiger partial charge in [0.2, 0.25) is 0 Å². The maximum atomic E-state index is 4.13. The Labute approximate surface area is 72.8 Å². The van der Waals surface area contributed by atoms with Crippen molar-refractivity contribution in [1.29, 1.82) is 0 Å². The van der Waals surface area contributed by atoms with Gasteiger partial charge in [0.25, 0.3) is 0 Å². The first-order chi connectivity index (χ1) is 4.93. The quantitative estimate of drug-likeness (QED) is 0.617. The van der Waals surface area contributed by atoms with Crippen molar-refractivity contribution >= 4 is 27.3 Å². The van der Waals surface area contributed by atoms with E-state index < -0.39 is 0 Å². The van der Waals surface area contributed by atoms with E-state index in [9.17, 15) is 0 Å². The van der Waals surface area contributed by atoms with Crippen molar-refractivity contribution in [1.82, 2.24) is 10.3 Å². The van der Waals surface area contributed by atoms with Crippen LogP contribution in [0.15, 0.2) is 11.6 Å². The highest BCUT2D eigenvalue weighted by molar-refractivity contribution is 9.09. The first-order valence-corrected chi connectivity index (χ1v) is 5.08. The number of hydrogen-bond acceptors (Lipinski definition) is 3. The summed E-state index contributed by atoms with van der Waals surface area (Å²) in [5.41, 5.74) is 0. The van der Waals surface area contributed by atoms with Gasteiger partial charge in [-0.25, -0.2) is 4.98 Å². The van der Waals surface area contributed by atoms with E-state index in [1.165, 1.54) is 0 Å². The van der Waals surface area contributed by atoms with E-state index >= 15 is 0 Å². The van der Waals surface area contributed by atoms with Crippen LogP contribution in [0.2, 0.25) is 0 Å². The zero-order valence-electron chi connectivity index (χ0n) is 5.51. The van der Waals surface area contributed by atoms with E-state index in [4.69, 9.17) is 0 Å². The van der Waals surface area contributed by atoms with Crippen LogP contribution in [-0.4, -0.2) is 16.9 Å². The highest BCUT2D eigenvalue weighted by Gasteiger charge is 1.91. The summed E-state index contributed by atoms with van der Waals surface area (Å²) in [4.78, 5) is 4.13. The van der Waals surface area contributed by atoms with Gasteiger partial charge in [-0.2, -0.15) is 0 Å². The predicted molar refractivity (Wildman–Crippen MR) is 47.6 cm³/mol. The molecule has 1 aromatic rings. The van der Waals surface area contributed by atoms with E-state index in [2.05, 4.69) is 26.2 Å². The molecule has 0 unspecified atom stereocenters. The van der Waals surface area contributed by atoms with Gasteiger partial charge in [-0.3, -0.25) is 0 Å². The number of thiazole rings is 1. The summed E-state index contributed by atoms with van der Waals surface area (Å²) in [5, 5.41) is 7.38. The van der Waals surface area contributed by atoms with Gasteiger partial charge in [-0.1, -0.05) is 15.9 Å². The molecule has 0 aliphatic rings. The molecule has 0 amide bonds. The van der Waals surface area contributed by atoms with E-state index in [0.717, 1.165) is 23.4 Å². The molecular formula is C6H9BrN2S. The molecule has 1 N–H and O–H groups in total. The lowest BCUT2D eigenvalue weighted by Crippen LogP contribution is -2.15.